The second-order valence-electron chi connectivity index (χ2n) is 2.36. The van der Waals surface area contributed by atoms with Gasteiger partial charge in [-0.1, -0.05) is 6.08 Å². The summed E-state index contributed by atoms with van der Waals surface area (Å²) in [6.45, 7) is 1.40. The second-order valence-corrected chi connectivity index (χ2v) is 2.36. The topological polar surface area (TPSA) is 66.8 Å². The number of allylic oxidation sites excluding steroid dienone is 1. The van der Waals surface area contributed by atoms with Crippen molar-refractivity contribution in [3.8, 4) is 0 Å². The van der Waals surface area contributed by atoms with Crippen molar-refractivity contribution < 1.29 is 19.7 Å². The van der Waals surface area contributed by atoms with Crippen LogP contribution < -0.4 is 0 Å². The van der Waals surface area contributed by atoms with Gasteiger partial charge in [0, 0.05) is 12.0 Å². The molecule has 4 nitrogen and oxygen atoms in total. The van der Waals surface area contributed by atoms with E-state index in [-0.39, 0.29) is 25.7 Å². The normalized spacial score (nSPS) is 11.0. The van der Waals surface area contributed by atoms with Crippen molar-refractivity contribution in [2.75, 3.05) is 19.8 Å². The fourth-order valence-electron chi connectivity index (χ4n) is 0.547. The quantitative estimate of drug-likeness (QED) is 0.444. The van der Waals surface area contributed by atoms with E-state index in [0.29, 0.717) is 0 Å². The van der Waals surface area contributed by atoms with Gasteiger partial charge in [0.25, 0.3) is 0 Å². The molecule has 4 heteroatoms. The van der Waals surface area contributed by atoms with Crippen LogP contribution in [0, 0.1) is 5.92 Å². The van der Waals surface area contributed by atoms with Gasteiger partial charge in [0.1, 0.15) is 0 Å². The molecule has 0 atom stereocenters. The van der Waals surface area contributed by atoms with E-state index in [0.717, 1.165) is 0 Å². The molecule has 0 aliphatic heterocycles. The van der Waals surface area contributed by atoms with Gasteiger partial charge in [-0.05, 0) is 6.92 Å². The van der Waals surface area contributed by atoms with Crippen molar-refractivity contribution >= 4 is 5.97 Å². The standard InChI is InChI=1S/C8H14O4/c1-2-3-8(11)12-6-7(4-9)5-10/h2-3,7,9-10H,4-6H2,1H3/b3-2+. The molecule has 0 aromatic carbocycles. The van der Waals surface area contributed by atoms with E-state index < -0.39 is 5.97 Å². The molecule has 2 N–H and O–H groups in total. The van der Waals surface area contributed by atoms with Gasteiger partial charge in [0.05, 0.1) is 19.8 Å². The fourth-order valence-corrected chi connectivity index (χ4v) is 0.547. The SMILES string of the molecule is C/C=C/C(=O)OCC(CO)CO. The Hall–Kier alpha value is -0.870. The van der Waals surface area contributed by atoms with Gasteiger partial charge in [-0.2, -0.15) is 0 Å². The third kappa shape index (κ3) is 4.87. The molecule has 0 fully saturated rings. The first-order valence-corrected chi connectivity index (χ1v) is 3.75. The lowest BCUT2D eigenvalue weighted by Crippen LogP contribution is -2.19. The molecule has 12 heavy (non-hydrogen) atoms. The average molecular weight is 174 g/mol. The van der Waals surface area contributed by atoms with Gasteiger partial charge in [-0.15, -0.1) is 0 Å². The van der Waals surface area contributed by atoms with Gasteiger partial charge in [-0.3, -0.25) is 0 Å². The number of aliphatic hydroxyl groups excluding tert-OH is 2. The molecule has 0 heterocycles. The van der Waals surface area contributed by atoms with Crippen LogP contribution in [0.4, 0.5) is 0 Å². The Balaban J connectivity index is 3.58. The Labute approximate surface area is 71.5 Å². The minimum atomic E-state index is -0.454. The fraction of sp³-hybridized carbons (Fsp3) is 0.625. The smallest absolute Gasteiger partial charge is 0.330 e. The summed E-state index contributed by atoms with van der Waals surface area (Å²) in [5, 5.41) is 17.2. The predicted molar refractivity (Wildman–Crippen MR) is 43.4 cm³/mol. The van der Waals surface area contributed by atoms with Gasteiger partial charge < -0.3 is 14.9 Å². The third-order valence-corrected chi connectivity index (χ3v) is 1.28. The maximum Gasteiger partial charge on any atom is 0.330 e. The zero-order chi connectivity index (χ0) is 9.40. The van der Waals surface area contributed by atoms with E-state index in [2.05, 4.69) is 4.74 Å². The Bertz CT molecular complexity index is 149. The molecular weight excluding hydrogens is 160 g/mol. The van der Waals surface area contributed by atoms with E-state index in [1.54, 1.807) is 13.0 Å². The first-order valence-electron chi connectivity index (χ1n) is 3.75. The van der Waals surface area contributed by atoms with Crippen LogP contribution in [0.15, 0.2) is 12.2 Å². The van der Waals surface area contributed by atoms with Crippen LogP contribution >= 0.6 is 0 Å². The maximum atomic E-state index is 10.7. The number of hydrogen-bond acceptors (Lipinski definition) is 4. The molecule has 70 valence electrons. The Morgan fingerprint density at radius 1 is 1.50 bits per heavy atom. The van der Waals surface area contributed by atoms with Crippen LogP contribution in [0.3, 0.4) is 0 Å². The second kappa shape index (κ2) is 6.82. The summed E-state index contributed by atoms with van der Waals surface area (Å²) in [5.74, 6) is -0.830. The number of hydrogen-bond donors (Lipinski definition) is 2. The zero-order valence-electron chi connectivity index (χ0n) is 7.06. The van der Waals surface area contributed by atoms with E-state index in [4.69, 9.17) is 10.2 Å². The summed E-state index contributed by atoms with van der Waals surface area (Å²) >= 11 is 0. The Kier molecular flexibility index (Phi) is 6.32. The highest BCUT2D eigenvalue weighted by Crippen LogP contribution is 1.95. The average Bonchev–Trinajstić information content (AvgIpc) is 2.07. The van der Waals surface area contributed by atoms with Crippen LogP contribution in [0.1, 0.15) is 6.92 Å². The highest BCUT2D eigenvalue weighted by atomic mass is 16.5. The van der Waals surface area contributed by atoms with Crippen molar-refractivity contribution in [2.45, 2.75) is 6.92 Å². The van der Waals surface area contributed by atoms with Crippen LogP contribution in [-0.4, -0.2) is 36.0 Å². The molecule has 0 aromatic heterocycles. The third-order valence-electron chi connectivity index (χ3n) is 1.28. The molecule has 0 bridgehead atoms. The van der Waals surface area contributed by atoms with Crippen LogP contribution in [-0.2, 0) is 9.53 Å². The molecule has 0 radical (unpaired) electrons. The van der Waals surface area contributed by atoms with E-state index in [1.807, 2.05) is 0 Å². The summed E-state index contributed by atoms with van der Waals surface area (Å²) in [6.07, 6.45) is 2.85. The van der Waals surface area contributed by atoms with Crippen LogP contribution in [0.5, 0.6) is 0 Å². The molecule has 0 aliphatic carbocycles. The van der Waals surface area contributed by atoms with Gasteiger partial charge in [0.15, 0.2) is 0 Å². The van der Waals surface area contributed by atoms with Crippen molar-refractivity contribution in [3.63, 3.8) is 0 Å². The van der Waals surface area contributed by atoms with Crippen molar-refractivity contribution in [3.05, 3.63) is 12.2 Å². The van der Waals surface area contributed by atoms with Gasteiger partial charge >= 0.3 is 5.97 Å². The summed E-state index contributed by atoms with van der Waals surface area (Å²) < 4.78 is 4.68. The summed E-state index contributed by atoms with van der Waals surface area (Å²) in [5.41, 5.74) is 0. The Morgan fingerprint density at radius 3 is 2.50 bits per heavy atom. The molecule has 0 unspecified atom stereocenters. The Morgan fingerprint density at radius 2 is 2.08 bits per heavy atom. The predicted octanol–water partition coefficient (Wildman–Crippen LogP) is -0.293. The number of carbonyl (C=O) groups is 1. The maximum absolute atomic E-state index is 10.7. The minimum Gasteiger partial charge on any atom is -0.462 e. The summed E-state index contributed by atoms with van der Waals surface area (Å²) in [4.78, 5) is 10.7. The largest absolute Gasteiger partial charge is 0.462 e. The lowest BCUT2D eigenvalue weighted by Gasteiger charge is -2.09. The highest BCUT2D eigenvalue weighted by Gasteiger charge is 2.07. The number of rotatable bonds is 5. The lowest BCUT2D eigenvalue weighted by atomic mass is 10.2. The van der Waals surface area contributed by atoms with Crippen molar-refractivity contribution in [1.82, 2.24) is 0 Å². The number of ether oxygens (including phenoxy) is 1. The molecule has 0 saturated carbocycles. The number of carbonyl (C=O) groups excluding carboxylic acids is 1. The monoisotopic (exact) mass is 174 g/mol. The lowest BCUT2D eigenvalue weighted by molar-refractivity contribution is -0.139. The first kappa shape index (κ1) is 11.1. The van der Waals surface area contributed by atoms with Gasteiger partial charge in [0.2, 0.25) is 0 Å². The van der Waals surface area contributed by atoms with E-state index in [9.17, 15) is 4.79 Å². The molecule has 0 saturated heterocycles. The van der Waals surface area contributed by atoms with Crippen LogP contribution in [0.25, 0.3) is 0 Å². The minimum absolute atomic E-state index is 0.0518. The molecular formula is C8H14O4. The van der Waals surface area contributed by atoms with Gasteiger partial charge in [-0.25, -0.2) is 4.79 Å². The molecule has 0 rings (SSSR count). The molecule has 0 amide bonds. The number of esters is 1. The zero-order valence-corrected chi connectivity index (χ0v) is 7.06. The van der Waals surface area contributed by atoms with E-state index >= 15 is 0 Å². The molecule has 0 spiro atoms. The van der Waals surface area contributed by atoms with Crippen molar-refractivity contribution in [1.29, 1.82) is 0 Å². The number of aliphatic hydroxyl groups is 2. The summed E-state index contributed by atoms with van der Waals surface area (Å²) in [7, 11) is 0. The molecule has 0 aliphatic rings. The first-order chi connectivity index (χ1) is 5.74. The van der Waals surface area contributed by atoms with E-state index in [1.165, 1.54) is 6.08 Å². The van der Waals surface area contributed by atoms with Crippen molar-refractivity contribution in [2.24, 2.45) is 5.92 Å². The summed E-state index contributed by atoms with van der Waals surface area (Å²) in [6, 6.07) is 0. The van der Waals surface area contributed by atoms with Crippen LogP contribution in [0.2, 0.25) is 0 Å². The molecule has 0 aromatic rings. The highest BCUT2D eigenvalue weighted by molar-refractivity contribution is 5.81.